The minimum atomic E-state index is 0.109. The molecule has 0 spiro atoms. The van der Waals surface area contributed by atoms with E-state index in [9.17, 15) is 4.79 Å². The quantitative estimate of drug-likeness (QED) is 0.611. The van der Waals surface area contributed by atoms with Crippen LogP contribution in [0, 0.1) is 0 Å². The predicted molar refractivity (Wildman–Crippen MR) is 89.4 cm³/mol. The lowest BCUT2D eigenvalue weighted by molar-refractivity contribution is -0.130. The molecule has 0 aliphatic carbocycles. The normalized spacial score (nSPS) is 21.1. The Labute approximate surface area is 129 Å². The van der Waals surface area contributed by atoms with Crippen molar-refractivity contribution < 1.29 is 4.79 Å². The molecule has 0 aromatic rings. The Morgan fingerprint density at radius 1 is 1.40 bits per heavy atom. The second kappa shape index (κ2) is 9.67. The Morgan fingerprint density at radius 2 is 2.15 bits per heavy atom. The molecule has 4 heteroatoms. The van der Waals surface area contributed by atoms with Gasteiger partial charge in [0.05, 0.1) is 5.25 Å². The van der Waals surface area contributed by atoms with Crippen LogP contribution >= 0.6 is 11.8 Å². The number of hydrogen-bond donors (Lipinski definition) is 0. The lowest BCUT2D eigenvalue weighted by Gasteiger charge is -2.31. The van der Waals surface area contributed by atoms with E-state index < -0.39 is 0 Å². The molecule has 1 amide bonds. The van der Waals surface area contributed by atoms with Crippen LogP contribution in [-0.2, 0) is 4.79 Å². The number of carbonyl (C=O) groups excluding carboxylic acids is 1. The lowest BCUT2D eigenvalue weighted by Crippen LogP contribution is -2.45. The van der Waals surface area contributed by atoms with Crippen molar-refractivity contribution in [1.29, 1.82) is 0 Å². The van der Waals surface area contributed by atoms with Gasteiger partial charge in [-0.25, -0.2) is 0 Å². The van der Waals surface area contributed by atoms with E-state index in [0.717, 1.165) is 25.4 Å². The molecule has 1 aliphatic heterocycles. The molecule has 0 N–H and O–H groups in total. The van der Waals surface area contributed by atoms with Crippen LogP contribution in [0.3, 0.4) is 0 Å². The summed E-state index contributed by atoms with van der Waals surface area (Å²) in [5.74, 6) is 1.43. The summed E-state index contributed by atoms with van der Waals surface area (Å²) in [5, 5.41) is 0.109. The highest BCUT2D eigenvalue weighted by Gasteiger charge is 2.28. The monoisotopic (exact) mass is 300 g/mol. The number of carbonyl (C=O) groups is 1. The van der Waals surface area contributed by atoms with Gasteiger partial charge in [-0.1, -0.05) is 20.3 Å². The molecular formula is C16H32N2OS. The summed E-state index contributed by atoms with van der Waals surface area (Å²) in [6, 6.07) is 0.580. The van der Waals surface area contributed by atoms with E-state index in [0.29, 0.717) is 11.9 Å². The van der Waals surface area contributed by atoms with Crippen molar-refractivity contribution in [1.82, 2.24) is 9.80 Å². The summed E-state index contributed by atoms with van der Waals surface area (Å²) in [7, 11) is 0. The van der Waals surface area contributed by atoms with Crippen molar-refractivity contribution in [3.63, 3.8) is 0 Å². The van der Waals surface area contributed by atoms with Gasteiger partial charge in [0.25, 0.3) is 0 Å². The SMILES string of the molecule is CCCCS[C@H](C)C(=O)N(CC)C[C@@H]1CCCN1CC. The highest BCUT2D eigenvalue weighted by Crippen LogP contribution is 2.20. The number of rotatable bonds is 9. The van der Waals surface area contributed by atoms with Crippen LogP contribution in [0.25, 0.3) is 0 Å². The van der Waals surface area contributed by atoms with E-state index in [4.69, 9.17) is 0 Å². The Kier molecular flexibility index (Phi) is 8.62. The van der Waals surface area contributed by atoms with Crippen LogP contribution in [0.2, 0.25) is 0 Å². The van der Waals surface area contributed by atoms with E-state index in [1.807, 2.05) is 11.8 Å². The van der Waals surface area contributed by atoms with E-state index >= 15 is 0 Å². The molecule has 1 heterocycles. The molecule has 20 heavy (non-hydrogen) atoms. The van der Waals surface area contributed by atoms with Gasteiger partial charge in [0.1, 0.15) is 0 Å². The zero-order valence-corrected chi connectivity index (χ0v) is 14.5. The van der Waals surface area contributed by atoms with Gasteiger partial charge in [-0.05, 0) is 52.0 Å². The van der Waals surface area contributed by atoms with Crippen molar-refractivity contribution in [3.8, 4) is 0 Å². The van der Waals surface area contributed by atoms with Crippen LogP contribution in [0.15, 0.2) is 0 Å². The predicted octanol–water partition coefficient (Wildman–Crippen LogP) is 3.24. The van der Waals surface area contributed by atoms with Crippen molar-refractivity contribution in [3.05, 3.63) is 0 Å². The largest absolute Gasteiger partial charge is 0.340 e. The summed E-state index contributed by atoms with van der Waals surface area (Å²) >= 11 is 1.81. The fraction of sp³-hybridized carbons (Fsp3) is 0.938. The van der Waals surface area contributed by atoms with Gasteiger partial charge < -0.3 is 4.90 Å². The highest BCUT2D eigenvalue weighted by atomic mass is 32.2. The number of unbranched alkanes of at least 4 members (excludes halogenated alkanes) is 1. The topological polar surface area (TPSA) is 23.6 Å². The maximum absolute atomic E-state index is 12.5. The maximum atomic E-state index is 12.5. The van der Waals surface area contributed by atoms with Gasteiger partial charge >= 0.3 is 0 Å². The number of amides is 1. The van der Waals surface area contributed by atoms with Gasteiger partial charge in [0.15, 0.2) is 0 Å². The van der Waals surface area contributed by atoms with E-state index in [-0.39, 0.29) is 5.25 Å². The van der Waals surface area contributed by atoms with Crippen LogP contribution in [0.5, 0.6) is 0 Å². The summed E-state index contributed by atoms with van der Waals surface area (Å²) < 4.78 is 0. The van der Waals surface area contributed by atoms with Crippen LogP contribution < -0.4 is 0 Å². The summed E-state index contributed by atoms with van der Waals surface area (Å²) in [4.78, 5) is 17.1. The third-order valence-corrected chi connectivity index (χ3v) is 5.47. The first-order valence-corrected chi connectivity index (χ1v) is 9.33. The molecule has 0 aromatic carbocycles. The minimum absolute atomic E-state index is 0.109. The van der Waals surface area contributed by atoms with Gasteiger partial charge in [0.2, 0.25) is 5.91 Å². The first-order valence-electron chi connectivity index (χ1n) is 8.28. The third kappa shape index (κ3) is 5.28. The molecule has 118 valence electrons. The Morgan fingerprint density at radius 3 is 2.75 bits per heavy atom. The minimum Gasteiger partial charge on any atom is -0.340 e. The first kappa shape index (κ1) is 17.8. The average Bonchev–Trinajstić information content (AvgIpc) is 2.91. The molecule has 1 aliphatic rings. The van der Waals surface area contributed by atoms with E-state index in [1.54, 1.807) is 0 Å². The number of likely N-dealkylation sites (tertiary alicyclic amines) is 1. The van der Waals surface area contributed by atoms with Gasteiger partial charge in [-0.3, -0.25) is 9.69 Å². The molecule has 3 nitrogen and oxygen atoms in total. The molecule has 0 radical (unpaired) electrons. The standard InChI is InChI=1S/C16H32N2OS/c1-5-8-12-20-14(4)16(19)18(7-3)13-15-10-9-11-17(15)6-2/h14-15H,5-13H2,1-4H3/t14-,15+/m1/s1. The lowest BCUT2D eigenvalue weighted by atomic mass is 10.2. The second-order valence-electron chi connectivity index (χ2n) is 5.67. The second-order valence-corrected chi connectivity index (χ2v) is 7.12. The van der Waals surface area contributed by atoms with Gasteiger partial charge in [-0.2, -0.15) is 0 Å². The fourth-order valence-corrected chi connectivity index (χ4v) is 3.98. The molecule has 0 saturated carbocycles. The van der Waals surface area contributed by atoms with Crippen molar-refractivity contribution in [2.24, 2.45) is 0 Å². The molecule has 0 aromatic heterocycles. The maximum Gasteiger partial charge on any atom is 0.235 e. The Bertz CT molecular complexity index is 286. The number of thioether (sulfide) groups is 1. The first-order chi connectivity index (χ1) is 9.63. The van der Waals surface area contributed by atoms with E-state index in [2.05, 4.69) is 37.5 Å². The molecule has 0 unspecified atom stereocenters. The van der Waals surface area contributed by atoms with Crippen molar-refractivity contribution >= 4 is 17.7 Å². The molecule has 2 atom stereocenters. The fourth-order valence-electron chi connectivity index (χ4n) is 2.88. The van der Waals surface area contributed by atoms with Crippen LogP contribution in [0.1, 0.15) is 53.4 Å². The summed E-state index contributed by atoms with van der Waals surface area (Å²) in [6.07, 6.45) is 4.94. The zero-order chi connectivity index (χ0) is 15.0. The van der Waals surface area contributed by atoms with Gasteiger partial charge in [0, 0.05) is 19.1 Å². The smallest absolute Gasteiger partial charge is 0.235 e. The third-order valence-electron chi connectivity index (χ3n) is 4.24. The molecular weight excluding hydrogens is 268 g/mol. The number of nitrogens with zero attached hydrogens (tertiary/aromatic N) is 2. The molecule has 1 saturated heterocycles. The zero-order valence-electron chi connectivity index (χ0n) is 13.7. The highest BCUT2D eigenvalue weighted by molar-refractivity contribution is 8.00. The Hall–Kier alpha value is -0.220. The van der Waals surface area contributed by atoms with Crippen molar-refractivity contribution in [2.75, 3.05) is 31.9 Å². The van der Waals surface area contributed by atoms with Crippen LogP contribution in [-0.4, -0.2) is 58.9 Å². The molecule has 0 bridgehead atoms. The number of hydrogen-bond acceptors (Lipinski definition) is 3. The summed E-state index contributed by atoms with van der Waals surface area (Å²) in [5.41, 5.74) is 0. The molecule has 1 rings (SSSR count). The Balaban J connectivity index is 2.45. The number of likely N-dealkylation sites (N-methyl/N-ethyl adjacent to an activating group) is 2. The average molecular weight is 301 g/mol. The van der Waals surface area contributed by atoms with Gasteiger partial charge in [-0.15, -0.1) is 11.8 Å². The summed E-state index contributed by atoms with van der Waals surface area (Å²) in [6.45, 7) is 12.7. The van der Waals surface area contributed by atoms with Crippen molar-refractivity contribution in [2.45, 2.75) is 64.7 Å². The molecule has 1 fully saturated rings. The van der Waals surface area contributed by atoms with Crippen LogP contribution in [0.4, 0.5) is 0 Å². The van der Waals surface area contributed by atoms with E-state index in [1.165, 1.54) is 32.2 Å².